The summed E-state index contributed by atoms with van der Waals surface area (Å²) < 4.78 is 0.891. The molecule has 2 heterocycles. The van der Waals surface area contributed by atoms with Crippen LogP contribution >= 0.6 is 27.5 Å². The van der Waals surface area contributed by atoms with Gasteiger partial charge in [0.1, 0.15) is 0 Å². The van der Waals surface area contributed by atoms with Crippen LogP contribution in [0.2, 0.25) is 5.02 Å². The van der Waals surface area contributed by atoms with Crippen molar-refractivity contribution in [2.24, 2.45) is 10.7 Å². The summed E-state index contributed by atoms with van der Waals surface area (Å²) in [5, 5.41) is 0.711. The van der Waals surface area contributed by atoms with Gasteiger partial charge in [-0.3, -0.25) is 4.99 Å². The number of guanidine groups is 1. The number of benzene rings is 1. The number of aliphatic imine (C=N–C) groups is 1. The van der Waals surface area contributed by atoms with Crippen molar-refractivity contribution in [2.75, 3.05) is 31.6 Å². The third-order valence-corrected chi connectivity index (χ3v) is 5.75. The molecule has 2 N–H and O–H groups in total. The van der Waals surface area contributed by atoms with Crippen molar-refractivity contribution in [3.05, 3.63) is 27.7 Å². The lowest BCUT2D eigenvalue weighted by Crippen LogP contribution is -2.52. The largest absolute Gasteiger partial charge is 0.369 e. The number of rotatable bonds is 1. The van der Waals surface area contributed by atoms with Gasteiger partial charge in [-0.25, -0.2) is 0 Å². The molecule has 114 valence electrons. The van der Waals surface area contributed by atoms with Crippen molar-refractivity contribution < 1.29 is 0 Å². The normalized spacial score (nSPS) is 27.0. The lowest BCUT2D eigenvalue weighted by atomic mass is 9.89. The monoisotopic (exact) mass is 370 g/mol. The maximum absolute atomic E-state index is 6.20. The van der Waals surface area contributed by atoms with Gasteiger partial charge in [-0.2, -0.15) is 0 Å². The molecule has 6 heteroatoms. The Morgan fingerprint density at radius 2 is 2.14 bits per heavy atom. The van der Waals surface area contributed by atoms with Gasteiger partial charge in [0, 0.05) is 16.7 Å². The van der Waals surface area contributed by atoms with E-state index in [9.17, 15) is 0 Å². The first-order chi connectivity index (χ1) is 10.0. The quantitative estimate of drug-likeness (QED) is 0.825. The average molecular weight is 372 g/mol. The van der Waals surface area contributed by atoms with Crippen LogP contribution in [0, 0.1) is 0 Å². The number of hydrogen-bond donors (Lipinski definition) is 1. The molecule has 1 fully saturated rings. The van der Waals surface area contributed by atoms with Crippen LogP contribution in [0.15, 0.2) is 27.7 Å². The summed E-state index contributed by atoms with van der Waals surface area (Å²) >= 11 is 9.62. The number of nitrogens with zero attached hydrogens (tertiary/aromatic N) is 3. The first-order valence-corrected chi connectivity index (χ1v) is 8.43. The molecule has 0 amide bonds. The first kappa shape index (κ1) is 15.1. The summed E-state index contributed by atoms with van der Waals surface area (Å²) in [5.74, 6) is 0.619. The van der Waals surface area contributed by atoms with Crippen LogP contribution in [0.25, 0.3) is 0 Å². The molecule has 0 saturated carbocycles. The minimum Gasteiger partial charge on any atom is -0.369 e. The molecule has 1 saturated heterocycles. The molecule has 1 atom stereocenters. The van der Waals surface area contributed by atoms with E-state index in [0.29, 0.717) is 11.0 Å². The smallest absolute Gasteiger partial charge is 0.196 e. The fourth-order valence-electron chi connectivity index (χ4n) is 3.34. The highest BCUT2D eigenvalue weighted by Gasteiger charge is 2.43. The van der Waals surface area contributed by atoms with Crippen LogP contribution in [0.4, 0.5) is 5.69 Å². The van der Waals surface area contributed by atoms with Gasteiger partial charge in [-0.15, -0.1) is 0 Å². The van der Waals surface area contributed by atoms with Crippen LogP contribution in [0.5, 0.6) is 0 Å². The Hall–Kier alpha value is -0.780. The second kappa shape index (κ2) is 5.78. The van der Waals surface area contributed by atoms with Crippen LogP contribution in [-0.4, -0.2) is 43.1 Å². The van der Waals surface area contributed by atoms with E-state index >= 15 is 0 Å². The highest BCUT2D eigenvalue weighted by molar-refractivity contribution is 9.10. The summed E-state index contributed by atoms with van der Waals surface area (Å²) in [7, 11) is 2.18. The topological polar surface area (TPSA) is 44.9 Å². The molecule has 0 radical (unpaired) electrons. The van der Waals surface area contributed by atoms with E-state index < -0.39 is 0 Å². The van der Waals surface area contributed by atoms with Gasteiger partial charge in [0.25, 0.3) is 0 Å². The van der Waals surface area contributed by atoms with E-state index in [-0.39, 0.29) is 5.54 Å². The lowest BCUT2D eigenvalue weighted by Gasteiger charge is -2.39. The SMILES string of the molecule is CN1CCCC2(CC1)CN=C(N)N2c1ccc(Cl)c(Br)c1. The Morgan fingerprint density at radius 3 is 2.90 bits per heavy atom. The molecular formula is C15H20BrClN4. The van der Waals surface area contributed by atoms with Gasteiger partial charge in [-0.05, 0) is 67.0 Å². The van der Waals surface area contributed by atoms with Crippen molar-refractivity contribution in [2.45, 2.75) is 24.8 Å². The third-order valence-electron chi connectivity index (χ3n) is 4.54. The fraction of sp³-hybridized carbons (Fsp3) is 0.533. The zero-order chi connectivity index (χ0) is 15.0. The zero-order valence-electron chi connectivity index (χ0n) is 12.1. The summed E-state index contributed by atoms with van der Waals surface area (Å²) in [4.78, 5) is 9.15. The van der Waals surface area contributed by atoms with E-state index in [1.807, 2.05) is 18.2 Å². The molecular weight excluding hydrogens is 352 g/mol. The Kier molecular flexibility index (Phi) is 4.17. The van der Waals surface area contributed by atoms with Gasteiger partial charge in [0.2, 0.25) is 0 Å². The molecule has 0 bridgehead atoms. The third kappa shape index (κ3) is 2.79. The van der Waals surface area contributed by atoms with Gasteiger partial charge >= 0.3 is 0 Å². The Labute approximate surface area is 139 Å². The Morgan fingerprint density at radius 1 is 1.33 bits per heavy atom. The maximum atomic E-state index is 6.20. The van der Waals surface area contributed by atoms with Gasteiger partial charge in [0.05, 0.1) is 17.1 Å². The van der Waals surface area contributed by atoms with Crippen molar-refractivity contribution in [1.82, 2.24) is 4.90 Å². The number of nitrogens with two attached hydrogens (primary N) is 1. The predicted molar refractivity (Wildman–Crippen MR) is 92.2 cm³/mol. The second-order valence-corrected chi connectivity index (χ2v) is 7.25. The molecule has 4 nitrogen and oxygen atoms in total. The van der Waals surface area contributed by atoms with Gasteiger partial charge in [-0.1, -0.05) is 11.6 Å². The lowest BCUT2D eigenvalue weighted by molar-refractivity contribution is 0.334. The minimum atomic E-state index is 0.0160. The highest BCUT2D eigenvalue weighted by atomic mass is 79.9. The van der Waals surface area contributed by atoms with Crippen molar-refractivity contribution in [3.8, 4) is 0 Å². The van der Waals surface area contributed by atoms with Gasteiger partial charge < -0.3 is 15.5 Å². The summed E-state index contributed by atoms with van der Waals surface area (Å²) in [6.45, 7) is 3.00. The predicted octanol–water partition coefficient (Wildman–Crippen LogP) is 3.09. The number of anilines is 1. The van der Waals surface area contributed by atoms with E-state index in [2.05, 4.69) is 37.8 Å². The highest BCUT2D eigenvalue weighted by Crippen LogP contribution is 2.38. The fourth-order valence-corrected chi connectivity index (χ4v) is 3.82. The van der Waals surface area contributed by atoms with Crippen LogP contribution < -0.4 is 10.6 Å². The number of hydrogen-bond acceptors (Lipinski definition) is 4. The molecule has 0 aliphatic carbocycles. The minimum absolute atomic E-state index is 0.0160. The number of halogens is 2. The average Bonchev–Trinajstić information content (AvgIpc) is 2.65. The molecule has 2 aliphatic rings. The molecule has 1 aromatic carbocycles. The molecule has 3 rings (SSSR count). The zero-order valence-corrected chi connectivity index (χ0v) is 14.5. The first-order valence-electron chi connectivity index (χ1n) is 7.26. The maximum Gasteiger partial charge on any atom is 0.196 e. The van der Waals surface area contributed by atoms with Crippen LogP contribution in [0.1, 0.15) is 19.3 Å². The van der Waals surface area contributed by atoms with Crippen LogP contribution in [0.3, 0.4) is 0 Å². The molecule has 1 spiro atoms. The molecule has 1 aromatic rings. The van der Waals surface area contributed by atoms with Crippen molar-refractivity contribution in [3.63, 3.8) is 0 Å². The number of likely N-dealkylation sites (tertiary alicyclic amines) is 1. The van der Waals surface area contributed by atoms with Gasteiger partial charge in [0.15, 0.2) is 5.96 Å². The van der Waals surface area contributed by atoms with E-state index in [4.69, 9.17) is 17.3 Å². The summed E-state index contributed by atoms with van der Waals surface area (Å²) in [5.41, 5.74) is 7.28. The van der Waals surface area contributed by atoms with E-state index in [1.165, 1.54) is 6.42 Å². The Bertz CT molecular complexity index is 577. The Balaban J connectivity index is 1.96. The van der Waals surface area contributed by atoms with Crippen molar-refractivity contribution in [1.29, 1.82) is 0 Å². The second-order valence-electron chi connectivity index (χ2n) is 5.99. The summed E-state index contributed by atoms with van der Waals surface area (Å²) in [6.07, 6.45) is 3.36. The molecule has 21 heavy (non-hydrogen) atoms. The summed E-state index contributed by atoms with van der Waals surface area (Å²) in [6, 6.07) is 5.96. The van der Waals surface area contributed by atoms with Crippen molar-refractivity contribution >= 4 is 39.2 Å². The standard InChI is InChI=1S/C15H20BrClN4/c1-20-7-2-5-15(6-8-20)10-19-14(18)21(15)11-3-4-13(17)12(16)9-11/h3-4,9H,2,5-8,10H2,1H3,(H2,18,19). The molecule has 1 unspecified atom stereocenters. The van der Waals surface area contributed by atoms with Crippen LogP contribution in [-0.2, 0) is 0 Å². The van der Waals surface area contributed by atoms with E-state index in [1.54, 1.807) is 0 Å². The molecule has 2 aliphatic heterocycles. The van der Waals surface area contributed by atoms with E-state index in [0.717, 1.165) is 42.6 Å². The molecule has 0 aromatic heterocycles.